The van der Waals surface area contributed by atoms with Gasteiger partial charge in [0.15, 0.2) is 0 Å². The van der Waals surface area contributed by atoms with E-state index in [0.29, 0.717) is 28.7 Å². The number of amides is 1. The van der Waals surface area contributed by atoms with Crippen molar-refractivity contribution >= 4 is 66.8 Å². The van der Waals surface area contributed by atoms with E-state index in [0.717, 1.165) is 25.8 Å². The van der Waals surface area contributed by atoms with Gasteiger partial charge in [0.1, 0.15) is 12.4 Å². The number of hydrogen-bond donors (Lipinski definition) is 0. The minimum absolute atomic E-state index is 0.177. The van der Waals surface area contributed by atoms with E-state index in [9.17, 15) is 4.79 Å². The number of anilines is 1. The number of carbonyl (C=O) groups is 1. The van der Waals surface area contributed by atoms with Crippen LogP contribution in [0.5, 0.6) is 5.75 Å². The number of benzene rings is 3. The molecule has 3 aromatic rings. The lowest BCUT2D eigenvalue weighted by Crippen LogP contribution is -2.21. The van der Waals surface area contributed by atoms with E-state index in [4.69, 9.17) is 16.3 Å². The zero-order valence-corrected chi connectivity index (χ0v) is 20.4. The van der Waals surface area contributed by atoms with Gasteiger partial charge >= 0.3 is 0 Å². The summed E-state index contributed by atoms with van der Waals surface area (Å²) in [4.78, 5) is 13.1. The molecule has 0 unspecified atom stereocenters. The molecule has 0 aromatic heterocycles. The lowest BCUT2D eigenvalue weighted by Gasteiger charge is -2.14. The summed E-state index contributed by atoms with van der Waals surface area (Å²) in [7, 11) is 0. The van der Waals surface area contributed by atoms with Crippen LogP contribution in [0.1, 0.15) is 18.1 Å². The fourth-order valence-electron chi connectivity index (χ4n) is 3.16. The van der Waals surface area contributed by atoms with Gasteiger partial charge in [-0.15, -0.1) is 0 Å². The van der Waals surface area contributed by atoms with Crippen molar-refractivity contribution in [2.45, 2.75) is 13.5 Å². The van der Waals surface area contributed by atoms with Gasteiger partial charge in [0.2, 0.25) is 0 Å². The number of nitrogens with zero attached hydrogens (tertiary/aromatic N) is 2. The number of carbonyl (C=O) groups excluding carboxylic acids is 1. The van der Waals surface area contributed by atoms with Crippen molar-refractivity contribution in [2.75, 3.05) is 5.01 Å². The molecular weight excluding hydrogens is 544 g/mol. The Morgan fingerprint density at radius 1 is 1.06 bits per heavy atom. The van der Waals surface area contributed by atoms with Gasteiger partial charge in [-0.2, -0.15) is 10.1 Å². The van der Waals surface area contributed by atoms with Crippen molar-refractivity contribution in [3.05, 3.63) is 97.4 Å². The van der Waals surface area contributed by atoms with Crippen LogP contribution < -0.4 is 9.75 Å². The summed E-state index contributed by atoms with van der Waals surface area (Å²) in [5, 5.41) is 6.55. The highest BCUT2D eigenvalue weighted by Crippen LogP contribution is 2.36. The predicted molar refractivity (Wildman–Crippen MR) is 133 cm³/mol. The molecule has 0 saturated heterocycles. The molecule has 0 aliphatic carbocycles. The van der Waals surface area contributed by atoms with Crippen LogP contribution in [0.2, 0.25) is 5.02 Å². The van der Waals surface area contributed by atoms with E-state index in [1.807, 2.05) is 79.7 Å². The fourth-order valence-corrected chi connectivity index (χ4v) is 4.66. The van der Waals surface area contributed by atoms with E-state index >= 15 is 0 Å². The van der Waals surface area contributed by atoms with Crippen LogP contribution >= 0.6 is 43.5 Å². The molecule has 1 aliphatic heterocycles. The molecule has 0 fully saturated rings. The van der Waals surface area contributed by atoms with Crippen LogP contribution in [0.25, 0.3) is 6.08 Å². The monoisotopic (exact) mass is 558 g/mol. The van der Waals surface area contributed by atoms with Crippen molar-refractivity contribution in [2.24, 2.45) is 5.10 Å². The Balaban J connectivity index is 1.66. The highest BCUT2D eigenvalue weighted by molar-refractivity contribution is 9.11. The van der Waals surface area contributed by atoms with E-state index in [-0.39, 0.29) is 5.91 Å². The summed E-state index contributed by atoms with van der Waals surface area (Å²) in [6.07, 6.45) is 1.82. The largest absolute Gasteiger partial charge is 0.487 e. The molecule has 156 valence electrons. The van der Waals surface area contributed by atoms with Gasteiger partial charge < -0.3 is 4.74 Å². The first-order valence-corrected chi connectivity index (χ1v) is 11.4. The van der Waals surface area contributed by atoms with Crippen LogP contribution in [0.3, 0.4) is 0 Å². The average Bonchev–Trinajstić information content (AvgIpc) is 3.03. The Bertz CT molecular complexity index is 1190. The summed E-state index contributed by atoms with van der Waals surface area (Å²) >= 11 is 13.1. The smallest absolute Gasteiger partial charge is 0.280 e. The van der Waals surface area contributed by atoms with Crippen LogP contribution in [0.15, 0.2) is 86.3 Å². The summed E-state index contributed by atoms with van der Waals surface area (Å²) < 4.78 is 7.77. The first kappa shape index (κ1) is 21.8. The maximum Gasteiger partial charge on any atom is 0.280 e. The number of ether oxygens (including phenoxy) is 1. The molecule has 0 atom stereocenters. The minimum Gasteiger partial charge on any atom is -0.487 e. The first-order chi connectivity index (χ1) is 14.9. The summed E-state index contributed by atoms with van der Waals surface area (Å²) in [6, 6.07) is 20.7. The first-order valence-electron chi connectivity index (χ1n) is 9.45. The van der Waals surface area contributed by atoms with Crippen molar-refractivity contribution in [1.29, 1.82) is 0 Å². The molecule has 3 aromatic carbocycles. The van der Waals surface area contributed by atoms with Crippen LogP contribution in [-0.2, 0) is 11.4 Å². The quantitative estimate of drug-likeness (QED) is 0.309. The topological polar surface area (TPSA) is 41.9 Å². The molecule has 0 spiro atoms. The lowest BCUT2D eigenvalue weighted by molar-refractivity contribution is -0.114. The molecule has 0 bridgehead atoms. The van der Waals surface area contributed by atoms with Gasteiger partial charge in [0.25, 0.3) is 5.91 Å². The van der Waals surface area contributed by atoms with E-state index in [1.165, 1.54) is 5.01 Å². The Hall–Kier alpha value is -2.41. The molecule has 7 heteroatoms. The van der Waals surface area contributed by atoms with Crippen molar-refractivity contribution in [3.63, 3.8) is 0 Å². The molecule has 1 heterocycles. The van der Waals surface area contributed by atoms with Crippen LogP contribution in [0, 0.1) is 0 Å². The fraction of sp³-hybridized carbons (Fsp3) is 0.0833. The Kier molecular flexibility index (Phi) is 6.60. The maximum absolute atomic E-state index is 13.1. The second-order valence-electron chi connectivity index (χ2n) is 6.92. The number of rotatable bonds is 5. The van der Waals surface area contributed by atoms with E-state index in [1.54, 1.807) is 0 Å². The summed E-state index contributed by atoms with van der Waals surface area (Å²) in [6.45, 7) is 2.19. The van der Waals surface area contributed by atoms with Crippen LogP contribution in [0.4, 0.5) is 5.69 Å². The number of para-hydroxylation sites is 1. The van der Waals surface area contributed by atoms with E-state index < -0.39 is 0 Å². The molecule has 1 amide bonds. The van der Waals surface area contributed by atoms with Gasteiger partial charge in [-0.1, -0.05) is 57.9 Å². The number of hydrogen-bond acceptors (Lipinski definition) is 3. The highest BCUT2D eigenvalue weighted by atomic mass is 79.9. The van der Waals surface area contributed by atoms with Crippen molar-refractivity contribution in [1.82, 2.24) is 0 Å². The van der Waals surface area contributed by atoms with Gasteiger partial charge in [-0.05, 0) is 70.9 Å². The SMILES string of the molecule is CC1=NN(c2ccccc2)C(=O)/C1=C/c1cc(Br)cc(Br)c1OCc1ccc(Cl)cc1. The Labute approximate surface area is 202 Å². The second kappa shape index (κ2) is 9.39. The zero-order valence-electron chi connectivity index (χ0n) is 16.5. The standard InChI is InChI=1S/C24H17Br2ClN2O2/c1-15-21(24(30)29(28-15)20-5-3-2-4-6-20)12-17-11-18(25)13-22(26)23(17)31-14-16-7-9-19(27)10-8-16/h2-13H,14H2,1H3/b21-12+. The molecule has 4 nitrogen and oxygen atoms in total. The molecule has 0 saturated carbocycles. The third-order valence-corrected chi connectivity index (χ3v) is 6.00. The summed E-state index contributed by atoms with van der Waals surface area (Å²) in [5.41, 5.74) is 3.65. The second-order valence-corrected chi connectivity index (χ2v) is 9.12. The zero-order chi connectivity index (χ0) is 22.0. The third kappa shape index (κ3) is 4.92. The van der Waals surface area contributed by atoms with Gasteiger partial charge in [0.05, 0.1) is 21.4 Å². The number of hydrazone groups is 1. The van der Waals surface area contributed by atoms with Gasteiger partial charge in [0, 0.05) is 15.1 Å². The van der Waals surface area contributed by atoms with E-state index in [2.05, 4.69) is 37.0 Å². The molecule has 0 N–H and O–H groups in total. The Morgan fingerprint density at radius 3 is 2.48 bits per heavy atom. The minimum atomic E-state index is -0.177. The molecule has 4 rings (SSSR count). The van der Waals surface area contributed by atoms with Crippen LogP contribution in [-0.4, -0.2) is 11.6 Å². The molecule has 0 radical (unpaired) electrons. The highest BCUT2D eigenvalue weighted by Gasteiger charge is 2.29. The van der Waals surface area contributed by atoms with Crippen molar-refractivity contribution < 1.29 is 9.53 Å². The summed E-state index contributed by atoms with van der Waals surface area (Å²) in [5.74, 6) is 0.466. The number of halogens is 3. The third-order valence-electron chi connectivity index (χ3n) is 4.70. The maximum atomic E-state index is 13.1. The normalized spacial score (nSPS) is 14.8. The molecular formula is C24H17Br2ClN2O2. The molecule has 1 aliphatic rings. The van der Waals surface area contributed by atoms with Crippen molar-refractivity contribution in [3.8, 4) is 5.75 Å². The average molecular weight is 561 g/mol. The predicted octanol–water partition coefficient (Wildman–Crippen LogP) is 7.25. The molecule has 31 heavy (non-hydrogen) atoms. The Morgan fingerprint density at radius 2 is 1.77 bits per heavy atom. The van der Waals surface area contributed by atoms with Gasteiger partial charge in [-0.3, -0.25) is 4.79 Å². The van der Waals surface area contributed by atoms with Gasteiger partial charge in [-0.25, -0.2) is 0 Å². The lowest BCUT2D eigenvalue weighted by atomic mass is 10.1.